The molecule has 2 spiro atoms. The summed E-state index contributed by atoms with van der Waals surface area (Å²) < 4.78 is 80.8. The van der Waals surface area contributed by atoms with Gasteiger partial charge in [0.2, 0.25) is 20.0 Å². The van der Waals surface area contributed by atoms with Crippen molar-refractivity contribution in [3.8, 4) is 11.5 Å². The summed E-state index contributed by atoms with van der Waals surface area (Å²) in [6.07, 6.45) is 15.2. The summed E-state index contributed by atoms with van der Waals surface area (Å²) in [6, 6.07) is 22.1. The number of carbonyl (C=O) groups excluding carboxylic acids is 4. The number of hydrogen-bond donors (Lipinski definition) is 4. The minimum absolute atomic E-state index is 0.0582. The number of hydrogen-bond acceptors (Lipinski definition) is 16. The van der Waals surface area contributed by atoms with Crippen molar-refractivity contribution in [3.63, 3.8) is 0 Å². The van der Waals surface area contributed by atoms with Gasteiger partial charge in [-0.1, -0.05) is 61.3 Å². The highest BCUT2D eigenvalue weighted by Crippen LogP contribution is 2.51. The summed E-state index contributed by atoms with van der Waals surface area (Å²) in [5.41, 5.74) is 2.07. The van der Waals surface area contributed by atoms with Crippen LogP contribution in [-0.4, -0.2) is 126 Å². The SMILES string of the molecule is COC(=O)[C@@]1(O)/C=C/C[C@H](C)[C@@H](C)S(=O)(=O)NC(=O)c2ccc3c(c2)N(C[C@@H]2CC[C@H]21)C[C@@]1(CCCc2cc(Cl)ccc21)CO3.COC(=O)[C@]1(O)/C=C/C[C@H](C)[C@@H](C)S(=O)(=O)NC(=O)c2ccc3c(c2)N(C[C@@H]2CC[C@H]21)C[C@@]1(CCCc2cc(Cl)ccc21)CO3. The first-order valence-corrected chi connectivity index (χ1v) is 35.3. The number of fused-ring (bicyclic) bond motifs is 8. The summed E-state index contributed by atoms with van der Waals surface area (Å²) in [5.74, 6) is -3.40. The summed E-state index contributed by atoms with van der Waals surface area (Å²) in [7, 11) is -5.55. The number of aliphatic hydroxyl groups is 2. The molecule has 18 nitrogen and oxygen atoms in total. The van der Waals surface area contributed by atoms with Crippen LogP contribution in [0.2, 0.25) is 10.0 Å². The zero-order valence-corrected chi connectivity index (χ0v) is 55.0. The summed E-state index contributed by atoms with van der Waals surface area (Å²) in [5, 5.41) is 23.3. The first-order chi connectivity index (χ1) is 42.7. The third-order valence-corrected chi connectivity index (χ3v) is 25.6. The van der Waals surface area contributed by atoms with Crippen molar-refractivity contribution in [1.29, 1.82) is 0 Å². The molecule has 4 aliphatic heterocycles. The van der Waals surface area contributed by atoms with E-state index >= 15 is 0 Å². The molecule has 2 fully saturated rings. The zero-order valence-electron chi connectivity index (χ0n) is 51.8. The predicted octanol–water partition coefficient (Wildman–Crippen LogP) is 9.58. The number of aryl methyl sites for hydroxylation is 2. The van der Waals surface area contributed by atoms with Crippen LogP contribution in [0.1, 0.15) is 135 Å². The minimum atomic E-state index is -4.04. The van der Waals surface area contributed by atoms with Gasteiger partial charge in [0.05, 0.1) is 49.3 Å². The maximum atomic E-state index is 13.4. The Labute approximate surface area is 538 Å². The van der Waals surface area contributed by atoms with Gasteiger partial charge in [-0.3, -0.25) is 9.59 Å². The van der Waals surface area contributed by atoms with E-state index in [4.69, 9.17) is 42.1 Å². The molecule has 4 N–H and O–H groups in total. The largest absolute Gasteiger partial charge is 0.490 e. The lowest BCUT2D eigenvalue weighted by Crippen LogP contribution is -2.55. The molecule has 0 saturated heterocycles. The average Bonchev–Trinajstić information content (AvgIpc) is 1.38. The van der Waals surface area contributed by atoms with E-state index in [1.807, 2.05) is 24.3 Å². The third kappa shape index (κ3) is 12.4. The Kier molecular flexibility index (Phi) is 18.4. The lowest BCUT2D eigenvalue weighted by molar-refractivity contribution is -0.169. The van der Waals surface area contributed by atoms with Gasteiger partial charge >= 0.3 is 11.9 Å². The molecule has 8 aliphatic rings. The van der Waals surface area contributed by atoms with E-state index in [1.54, 1.807) is 76.2 Å². The highest BCUT2D eigenvalue weighted by molar-refractivity contribution is 7.91. The van der Waals surface area contributed by atoms with Gasteiger partial charge in [0.25, 0.3) is 11.8 Å². The molecule has 0 unspecified atom stereocenters. The monoisotopic (exact) mass is 1310 g/mol. The van der Waals surface area contributed by atoms with E-state index in [0.29, 0.717) is 85.2 Å². The van der Waals surface area contributed by atoms with E-state index in [1.165, 1.54) is 48.6 Å². The van der Waals surface area contributed by atoms with E-state index in [-0.39, 0.29) is 46.6 Å². The molecule has 4 aliphatic carbocycles. The Balaban J connectivity index is 0.000000185. The Bertz CT molecular complexity index is 3530. The molecule has 2 amide bonds. The third-order valence-electron chi connectivity index (χ3n) is 21.3. The second-order valence-corrected chi connectivity index (χ2v) is 31.6. The molecule has 4 bridgehead atoms. The zero-order chi connectivity index (χ0) is 64.3. The number of nitrogens with zero attached hydrogens (tertiary/aromatic N) is 2. The number of sulfonamides is 2. The second-order valence-electron chi connectivity index (χ2n) is 26.7. The molecule has 90 heavy (non-hydrogen) atoms. The van der Waals surface area contributed by atoms with Crippen molar-refractivity contribution >= 4 is 78.4 Å². The molecule has 0 radical (unpaired) electrons. The van der Waals surface area contributed by atoms with Crippen molar-refractivity contribution < 1.29 is 65.2 Å². The van der Waals surface area contributed by atoms with E-state index < -0.39 is 89.2 Å². The van der Waals surface area contributed by atoms with Gasteiger partial charge in [-0.2, -0.15) is 0 Å². The van der Waals surface area contributed by atoms with Crippen LogP contribution in [0.3, 0.4) is 0 Å². The quantitative estimate of drug-likeness (QED) is 0.108. The van der Waals surface area contributed by atoms with Gasteiger partial charge in [-0.05, 0) is 210 Å². The summed E-state index contributed by atoms with van der Waals surface area (Å²) in [6.45, 7) is 9.59. The highest BCUT2D eigenvalue weighted by Gasteiger charge is 2.54. The van der Waals surface area contributed by atoms with Crippen LogP contribution in [0.4, 0.5) is 11.4 Å². The number of methoxy groups -OCH3 is 2. The smallest absolute Gasteiger partial charge is 0.342 e. The van der Waals surface area contributed by atoms with Crippen LogP contribution in [0.15, 0.2) is 97.1 Å². The first kappa shape index (κ1) is 65.3. The fourth-order valence-electron chi connectivity index (χ4n) is 15.3. The number of allylic oxidation sites excluding steroid dienone is 2. The summed E-state index contributed by atoms with van der Waals surface area (Å²) in [4.78, 5) is 57.4. The maximum absolute atomic E-state index is 13.4. The number of benzene rings is 4. The van der Waals surface area contributed by atoms with Gasteiger partial charge < -0.3 is 39.0 Å². The van der Waals surface area contributed by atoms with E-state index in [0.717, 1.165) is 51.4 Å². The number of amides is 2. The molecular weight excluding hydrogens is 1230 g/mol. The van der Waals surface area contributed by atoms with Gasteiger partial charge in [-0.15, -0.1) is 0 Å². The van der Waals surface area contributed by atoms with Crippen molar-refractivity contribution in [2.45, 2.75) is 137 Å². The van der Waals surface area contributed by atoms with Crippen LogP contribution in [0.25, 0.3) is 0 Å². The molecule has 4 aromatic carbocycles. The van der Waals surface area contributed by atoms with Gasteiger partial charge in [-0.25, -0.2) is 35.9 Å². The fraction of sp³-hybridized carbons (Fsp3) is 0.529. The van der Waals surface area contributed by atoms with Gasteiger partial charge in [0, 0.05) is 70.0 Å². The Morgan fingerprint density at radius 1 is 0.589 bits per heavy atom. The number of ether oxygens (including phenoxy) is 4. The molecule has 22 heteroatoms. The molecule has 0 aromatic heterocycles. The normalized spacial score (nSPS) is 33.4. The maximum Gasteiger partial charge on any atom is 0.342 e. The first-order valence-electron chi connectivity index (χ1n) is 31.4. The minimum Gasteiger partial charge on any atom is -0.490 e. The highest BCUT2D eigenvalue weighted by atomic mass is 35.5. The van der Waals surface area contributed by atoms with Crippen molar-refractivity contribution in [1.82, 2.24) is 9.44 Å². The van der Waals surface area contributed by atoms with Gasteiger partial charge in [0.1, 0.15) is 11.5 Å². The fourth-order valence-corrected chi connectivity index (χ4v) is 18.3. The Morgan fingerprint density at radius 2 is 0.989 bits per heavy atom. The molecular formula is C68H82Cl2N4O14S2. The molecule has 4 aromatic rings. The summed E-state index contributed by atoms with van der Waals surface area (Å²) >= 11 is 12.8. The number of anilines is 2. The Hall–Kier alpha value is -6.16. The lowest BCUT2D eigenvalue weighted by atomic mass is 9.64. The molecule has 484 valence electrons. The van der Waals surface area contributed by atoms with Crippen molar-refractivity contribution in [2.75, 3.05) is 63.4 Å². The Morgan fingerprint density at radius 3 is 1.36 bits per heavy atom. The molecule has 2 saturated carbocycles. The van der Waals surface area contributed by atoms with E-state index in [9.17, 15) is 46.2 Å². The van der Waals surface area contributed by atoms with Crippen LogP contribution < -0.4 is 28.7 Å². The molecule has 4 heterocycles. The average molecular weight is 1310 g/mol. The van der Waals surface area contributed by atoms with Crippen LogP contribution in [0.5, 0.6) is 11.5 Å². The lowest BCUT2D eigenvalue weighted by Gasteiger charge is -2.48. The van der Waals surface area contributed by atoms with E-state index in [2.05, 4.69) is 31.4 Å². The standard InChI is InChI=1S/2C34H41ClN2O7S/c2*1-21-6-4-15-34(40,32(39)43-3)28-11-8-25(28)18-37-19-33(14-5-7-23-16-26(35)10-12-27(23)33)20-44-30-13-9-24(17-29(30)37)31(38)36-45(41,42)22(21)2/h2*4,9-10,12-13,15-17,21-22,25,28,40H,5-8,11,14,18-20H2,1-3H3,(H,36,38)/b2*15-4+/t21-,22+,25-,28+,33-,34+;21-,22+,25-,28+,33-,34-/m00/s1. The van der Waals surface area contributed by atoms with Crippen LogP contribution >= 0.6 is 23.2 Å². The second kappa shape index (κ2) is 25.4. The number of halogens is 2. The van der Waals surface area contributed by atoms with Crippen LogP contribution in [-0.2, 0) is 62.8 Å². The van der Waals surface area contributed by atoms with Gasteiger partial charge in [0.15, 0.2) is 11.2 Å². The predicted molar refractivity (Wildman–Crippen MR) is 344 cm³/mol. The number of nitrogens with one attached hydrogen (secondary N) is 2. The molecule has 12 rings (SSSR count). The van der Waals surface area contributed by atoms with Crippen molar-refractivity contribution in [2.24, 2.45) is 35.5 Å². The number of rotatable bonds is 2. The topological polar surface area (TPSA) is 244 Å². The number of carbonyl (C=O) groups is 4. The number of esters is 2. The van der Waals surface area contributed by atoms with Crippen molar-refractivity contribution in [3.05, 3.63) is 141 Å². The van der Waals surface area contributed by atoms with Crippen LogP contribution in [0, 0.1) is 35.5 Å². The molecule has 12 atom stereocenters.